The summed E-state index contributed by atoms with van der Waals surface area (Å²) in [6, 6.07) is 3.46. The molecule has 0 N–H and O–H groups in total. The molecule has 0 aliphatic rings. The lowest BCUT2D eigenvalue weighted by Crippen LogP contribution is -2.10. The second-order valence-electron chi connectivity index (χ2n) is 4.74. The van der Waals surface area contributed by atoms with Crippen LogP contribution in [0, 0.1) is 0 Å². The molecule has 0 saturated carbocycles. The Morgan fingerprint density at radius 1 is 0.938 bits per heavy atom. The maximum atomic E-state index is 8.18. The van der Waals surface area contributed by atoms with Gasteiger partial charge in [-0.05, 0) is 34.2 Å². The summed E-state index contributed by atoms with van der Waals surface area (Å²) in [5, 5.41) is 0. The van der Waals surface area contributed by atoms with Crippen molar-refractivity contribution in [3.05, 3.63) is 54.3 Å². The summed E-state index contributed by atoms with van der Waals surface area (Å²) >= 11 is 0. The van der Waals surface area contributed by atoms with Crippen molar-refractivity contribution in [1.82, 2.24) is 4.98 Å². The lowest BCUT2D eigenvalue weighted by Gasteiger charge is -2.19. The van der Waals surface area contributed by atoms with Gasteiger partial charge in [-0.1, -0.05) is 44.9 Å². The molecule has 82 valence electrons. The van der Waals surface area contributed by atoms with Crippen molar-refractivity contribution in [3.63, 3.8) is 0 Å². The van der Waals surface area contributed by atoms with Crippen LogP contribution in [-0.4, -0.2) is 4.98 Å². The molecule has 1 aromatic heterocycles. The van der Waals surface area contributed by atoms with Crippen molar-refractivity contribution < 1.29 is 5.48 Å². The molecular formula is C15H17N. The van der Waals surface area contributed by atoms with E-state index in [0.29, 0.717) is 16.7 Å². The molecule has 2 rings (SSSR count). The highest BCUT2D eigenvalue weighted by Gasteiger charge is 2.12. The Balaban J connectivity index is 2.82. The Labute approximate surface area is 103 Å². The second-order valence-corrected chi connectivity index (χ2v) is 4.74. The van der Waals surface area contributed by atoms with Gasteiger partial charge in [0.05, 0.1) is 5.48 Å². The first-order chi connectivity index (χ1) is 9.25. The first kappa shape index (κ1) is 6.85. The van der Waals surface area contributed by atoms with Crippen molar-refractivity contribution in [3.8, 4) is 11.1 Å². The second kappa shape index (κ2) is 4.09. The van der Waals surface area contributed by atoms with Crippen LogP contribution in [0.15, 0.2) is 48.7 Å². The number of rotatable bonds is 1. The number of nitrogens with zero attached hydrogens (tertiary/aromatic N) is 1. The third kappa shape index (κ3) is 2.30. The number of hydrogen-bond acceptors (Lipinski definition) is 1. The van der Waals surface area contributed by atoms with Gasteiger partial charge in [0.2, 0.25) is 0 Å². The lowest BCUT2D eigenvalue weighted by molar-refractivity contribution is 0.590. The van der Waals surface area contributed by atoms with Crippen LogP contribution in [0.2, 0.25) is 0 Å². The fourth-order valence-corrected chi connectivity index (χ4v) is 1.35. The molecule has 0 aliphatic heterocycles. The van der Waals surface area contributed by atoms with E-state index in [1.165, 1.54) is 0 Å². The van der Waals surface area contributed by atoms with Crippen LogP contribution in [0.4, 0.5) is 0 Å². The third-order valence-electron chi connectivity index (χ3n) is 2.34. The summed E-state index contributed by atoms with van der Waals surface area (Å²) in [6.45, 7) is 5.68. The summed E-state index contributed by atoms with van der Waals surface area (Å²) in [5.74, 6) is 0. The van der Waals surface area contributed by atoms with Crippen LogP contribution in [-0.2, 0) is 5.41 Å². The number of hydrogen-bond donors (Lipinski definition) is 0. The Kier molecular flexibility index (Phi) is 1.75. The fourth-order valence-electron chi connectivity index (χ4n) is 1.35. The highest BCUT2D eigenvalue weighted by Crippen LogP contribution is 2.25. The predicted molar refractivity (Wildman–Crippen MR) is 68.4 cm³/mol. The smallest absolute Gasteiger partial charge is 0.0629 e. The van der Waals surface area contributed by atoms with E-state index < -0.39 is 5.41 Å². The van der Waals surface area contributed by atoms with Crippen molar-refractivity contribution >= 4 is 0 Å². The molecule has 0 atom stereocenters. The van der Waals surface area contributed by atoms with E-state index in [1.807, 2.05) is 20.8 Å². The average molecular weight is 215 g/mol. The molecule has 0 aliphatic carbocycles. The SMILES string of the molecule is [2H]c1c([2H])c(C(C)(C)C)c([2H])c([2H])c1-c1ccncc1. The molecule has 2 aromatic rings. The van der Waals surface area contributed by atoms with E-state index in [2.05, 4.69) is 4.98 Å². The van der Waals surface area contributed by atoms with Crippen molar-refractivity contribution in [1.29, 1.82) is 0 Å². The zero-order chi connectivity index (χ0) is 15.1. The van der Waals surface area contributed by atoms with E-state index >= 15 is 0 Å². The Morgan fingerprint density at radius 2 is 1.50 bits per heavy atom. The lowest BCUT2D eigenvalue weighted by atomic mass is 9.86. The summed E-state index contributed by atoms with van der Waals surface area (Å²) in [6.07, 6.45) is 3.16. The summed E-state index contributed by atoms with van der Waals surface area (Å²) in [4.78, 5) is 3.92. The average Bonchev–Trinajstić information content (AvgIpc) is 2.37. The van der Waals surface area contributed by atoms with Crippen molar-refractivity contribution in [2.45, 2.75) is 26.2 Å². The molecule has 0 bridgehead atoms. The minimum absolute atomic E-state index is 0.00197. The molecule has 0 fully saturated rings. The highest BCUT2D eigenvalue weighted by atomic mass is 14.6. The quantitative estimate of drug-likeness (QED) is 0.699. The molecule has 16 heavy (non-hydrogen) atoms. The number of pyridine rings is 1. The Hall–Kier alpha value is -1.63. The van der Waals surface area contributed by atoms with Gasteiger partial charge in [-0.3, -0.25) is 4.98 Å². The first-order valence-electron chi connectivity index (χ1n) is 7.26. The predicted octanol–water partition coefficient (Wildman–Crippen LogP) is 4.05. The summed E-state index contributed by atoms with van der Waals surface area (Å²) in [7, 11) is 0. The van der Waals surface area contributed by atoms with Gasteiger partial charge in [-0.25, -0.2) is 0 Å². The summed E-state index contributed by atoms with van der Waals surface area (Å²) in [5.41, 5.74) is 0.995. The monoisotopic (exact) mass is 215 g/mol. The third-order valence-corrected chi connectivity index (χ3v) is 2.34. The van der Waals surface area contributed by atoms with E-state index in [0.717, 1.165) is 0 Å². The van der Waals surface area contributed by atoms with Gasteiger partial charge in [0.25, 0.3) is 0 Å². The Morgan fingerprint density at radius 3 is 2.00 bits per heavy atom. The standard InChI is InChI=1S/C15H17N/c1-15(2,3)14-6-4-12(5-7-14)13-8-10-16-11-9-13/h4-11H,1-3H3/i4D,5D,6D,7D. The van der Waals surface area contributed by atoms with E-state index in [4.69, 9.17) is 5.48 Å². The molecule has 0 spiro atoms. The van der Waals surface area contributed by atoms with Crippen LogP contribution >= 0.6 is 0 Å². The molecular weight excluding hydrogens is 194 g/mol. The van der Waals surface area contributed by atoms with Gasteiger partial charge in [0.1, 0.15) is 0 Å². The molecule has 0 amide bonds. The van der Waals surface area contributed by atoms with Gasteiger partial charge >= 0.3 is 0 Å². The largest absolute Gasteiger partial charge is 0.265 e. The Bertz CT molecular complexity index is 616. The number of aromatic nitrogens is 1. The minimum atomic E-state index is -0.434. The maximum absolute atomic E-state index is 8.18. The number of benzene rings is 1. The van der Waals surface area contributed by atoms with Crippen molar-refractivity contribution in [2.75, 3.05) is 0 Å². The van der Waals surface area contributed by atoms with Gasteiger partial charge in [0, 0.05) is 12.4 Å². The normalized spacial score (nSPS) is 14.9. The van der Waals surface area contributed by atoms with Crippen LogP contribution in [0.25, 0.3) is 11.1 Å². The highest BCUT2D eigenvalue weighted by molar-refractivity contribution is 5.63. The minimum Gasteiger partial charge on any atom is -0.265 e. The van der Waals surface area contributed by atoms with Gasteiger partial charge in [0.15, 0.2) is 0 Å². The maximum Gasteiger partial charge on any atom is 0.0629 e. The van der Waals surface area contributed by atoms with E-state index in [9.17, 15) is 0 Å². The molecule has 0 unspecified atom stereocenters. The zero-order valence-electron chi connectivity index (χ0n) is 13.8. The first-order valence-corrected chi connectivity index (χ1v) is 5.26. The molecule has 1 aromatic carbocycles. The molecule has 0 saturated heterocycles. The van der Waals surface area contributed by atoms with Gasteiger partial charge in [-0.2, -0.15) is 0 Å². The molecule has 0 radical (unpaired) electrons. The van der Waals surface area contributed by atoms with Gasteiger partial charge < -0.3 is 0 Å². The zero-order valence-corrected chi connectivity index (χ0v) is 9.76. The summed E-state index contributed by atoms with van der Waals surface area (Å²) < 4.78 is 32.7. The van der Waals surface area contributed by atoms with Gasteiger partial charge in [-0.15, -0.1) is 0 Å². The van der Waals surface area contributed by atoms with E-state index in [1.54, 1.807) is 24.5 Å². The van der Waals surface area contributed by atoms with Crippen molar-refractivity contribution in [2.24, 2.45) is 0 Å². The van der Waals surface area contributed by atoms with Crippen LogP contribution < -0.4 is 0 Å². The van der Waals surface area contributed by atoms with E-state index in [-0.39, 0.29) is 24.2 Å². The molecule has 1 heterocycles. The molecule has 1 nitrogen and oxygen atoms in total. The molecule has 1 heteroatoms. The topological polar surface area (TPSA) is 12.9 Å². The van der Waals surface area contributed by atoms with Crippen LogP contribution in [0.3, 0.4) is 0 Å². The van der Waals surface area contributed by atoms with Crippen LogP contribution in [0.1, 0.15) is 31.8 Å². The van der Waals surface area contributed by atoms with Crippen LogP contribution in [0.5, 0.6) is 0 Å². The fraction of sp³-hybridized carbons (Fsp3) is 0.267.